The Hall–Kier alpha value is -2.13. The van der Waals surface area contributed by atoms with E-state index in [4.69, 9.17) is 10.00 Å². The summed E-state index contributed by atoms with van der Waals surface area (Å²) in [5.41, 5.74) is 0.747. The van der Waals surface area contributed by atoms with Crippen LogP contribution >= 0.6 is 0 Å². The van der Waals surface area contributed by atoms with E-state index < -0.39 is 4.92 Å². The fourth-order valence-electron chi connectivity index (χ4n) is 1.94. The molecule has 1 aliphatic rings. The number of nitro groups is 1. The summed E-state index contributed by atoms with van der Waals surface area (Å²) in [4.78, 5) is 10.4. The lowest BCUT2D eigenvalue weighted by atomic mass is 10.1. The number of rotatable bonds is 4. The van der Waals surface area contributed by atoms with Gasteiger partial charge in [0.1, 0.15) is 5.69 Å². The maximum atomic E-state index is 10.9. The van der Waals surface area contributed by atoms with Crippen molar-refractivity contribution in [3.8, 4) is 6.07 Å². The highest BCUT2D eigenvalue weighted by Gasteiger charge is 2.18. The van der Waals surface area contributed by atoms with E-state index in [9.17, 15) is 10.1 Å². The van der Waals surface area contributed by atoms with E-state index in [-0.39, 0.29) is 11.8 Å². The second kappa shape index (κ2) is 5.47. The number of nitrogens with zero attached hydrogens (tertiary/aromatic N) is 2. The van der Waals surface area contributed by atoms with E-state index in [0.29, 0.717) is 17.8 Å². The standard InChI is InChI=1S/C12H13N3O3/c13-7-9-3-4-12(15(16)17)11(6-9)14-8-10-2-1-5-18-10/h3-4,6,10,14H,1-2,5,8H2. The van der Waals surface area contributed by atoms with E-state index in [2.05, 4.69) is 5.32 Å². The third kappa shape index (κ3) is 2.76. The number of nitriles is 1. The van der Waals surface area contributed by atoms with Gasteiger partial charge in [0.05, 0.1) is 22.7 Å². The van der Waals surface area contributed by atoms with Gasteiger partial charge >= 0.3 is 0 Å². The fourth-order valence-corrected chi connectivity index (χ4v) is 1.94. The van der Waals surface area contributed by atoms with Gasteiger partial charge in [-0.25, -0.2) is 0 Å². The zero-order chi connectivity index (χ0) is 13.0. The lowest BCUT2D eigenvalue weighted by Gasteiger charge is -2.12. The van der Waals surface area contributed by atoms with Gasteiger partial charge in [0.2, 0.25) is 0 Å². The van der Waals surface area contributed by atoms with Crippen LogP contribution in [0.15, 0.2) is 18.2 Å². The lowest BCUT2D eigenvalue weighted by molar-refractivity contribution is -0.384. The van der Waals surface area contributed by atoms with Crippen LogP contribution in [0.1, 0.15) is 18.4 Å². The first kappa shape index (κ1) is 12.3. The minimum atomic E-state index is -0.459. The molecule has 1 N–H and O–H groups in total. The normalized spacial score (nSPS) is 18.3. The van der Waals surface area contributed by atoms with Crippen molar-refractivity contribution in [2.75, 3.05) is 18.5 Å². The van der Waals surface area contributed by atoms with Crippen LogP contribution in [0.25, 0.3) is 0 Å². The molecule has 1 unspecified atom stereocenters. The third-order valence-electron chi connectivity index (χ3n) is 2.87. The van der Waals surface area contributed by atoms with Crippen LogP contribution in [0, 0.1) is 21.4 Å². The van der Waals surface area contributed by atoms with Crippen molar-refractivity contribution in [1.82, 2.24) is 0 Å². The summed E-state index contributed by atoms with van der Waals surface area (Å²) in [5.74, 6) is 0. The summed E-state index contributed by atoms with van der Waals surface area (Å²) >= 11 is 0. The summed E-state index contributed by atoms with van der Waals surface area (Å²) in [6.45, 7) is 1.27. The highest BCUT2D eigenvalue weighted by atomic mass is 16.6. The third-order valence-corrected chi connectivity index (χ3v) is 2.87. The topological polar surface area (TPSA) is 88.2 Å². The van der Waals surface area contributed by atoms with Crippen LogP contribution in [0.4, 0.5) is 11.4 Å². The maximum absolute atomic E-state index is 10.9. The van der Waals surface area contributed by atoms with E-state index in [0.717, 1.165) is 19.4 Å². The first-order valence-electron chi connectivity index (χ1n) is 5.74. The van der Waals surface area contributed by atoms with Crippen molar-refractivity contribution in [3.63, 3.8) is 0 Å². The number of anilines is 1. The predicted molar refractivity (Wildman–Crippen MR) is 65.3 cm³/mol. The minimum Gasteiger partial charge on any atom is -0.377 e. The SMILES string of the molecule is N#Cc1ccc([N+](=O)[O-])c(NCC2CCCO2)c1. The van der Waals surface area contributed by atoms with Gasteiger partial charge in [-0.2, -0.15) is 5.26 Å². The maximum Gasteiger partial charge on any atom is 0.292 e. The fraction of sp³-hybridized carbons (Fsp3) is 0.417. The summed E-state index contributed by atoms with van der Waals surface area (Å²) in [6, 6.07) is 6.24. The van der Waals surface area contributed by atoms with Gasteiger partial charge in [-0.1, -0.05) is 0 Å². The first-order valence-corrected chi connectivity index (χ1v) is 5.74. The van der Waals surface area contributed by atoms with Crippen LogP contribution in [0.2, 0.25) is 0 Å². The highest BCUT2D eigenvalue weighted by molar-refractivity contribution is 5.64. The molecule has 1 saturated heterocycles. The van der Waals surface area contributed by atoms with Crippen LogP contribution in [-0.4, -0.2) is 24.2 Å². The Morgan fingerprint density at radius 1 is 1.61 bits per heavy atom. The Labute approximate surface area is 104 Å². The molecule has 94 valence electrons. The zero-order valence-electron chi connectivity index (χ0n) is 9.76. The number of hydrogen-bond acceptors (Lipinski definition) is 5. The Morgan fingerprint density at radius 2 is 2.44 bits per heavy atom. The molecule has 0 bridgehead atoms. The van der Waals surface area contributed by atoms with Crippen molar-refractivity contribution >= 4 is 11.4 Å². The molecule has 1 atom stereocenters. The summed E-state index contributed by atoms with van der Waals surface area (Å²) in [5, 5.41) is 22.7. The first-order chi connectivity index (χ1) is 8.70. The number of hydrogen-bond donors (Lipinski definition) is 1. The molecule has 0 aliphatic carbocycles. The van der Waals surface area contributed by atoms with Crippen LogP contribution in [0.3, 0.4) is 0 Å². The van der Waals surface area contributed by atoms with Gasteiger partial charge in [0, 0.05) is 19.2 Å². The molecular weight excluding hydrogens is 234 g/mol. The lowest BCUT2D eigenvalue weighted by Crippen LogP contribution is -2.19. The van der Waals surface area contributed by atoms with Crippen molar-refractivity contribution in [1.29, 1.82) is 5.26 Å². The molecule has 0 radical (unpaired) electrons. The Kier molecular flexibility index (Phi) is 3.75. The molecule has 1 heterocycles. The summed E-state index contributed by atoms with van der Waals surface area (Å²) in [6.07, 6.45) is 2.07. The van der Waals surface area contributed by atoms with Gasteiger partial charge in [-0.15, -0.1) is 0 Å². The second-order valence-corrected chi connectivity index (χ2v) is 4.12. The van der Waals surface area contributed by atoms with Crippen molar-refractivity contribution < 1.29 is 9.66 Å². The van der Waals surface area contributed by atoms with Crippen LogP contribution in [-0.2, 0) is 4.74 Å². The molecule has 0 saturated carbocycles. The number of nitro benzene ring substituents is 1. The molecule has 0 amide bonds. The largest absolute Gasteiger partial charge is 0.377 e. The molecule has 18 heavy (non-hydrogen) atoms. The summed E-state index contributed by atoms with van der Waals surface area (Å²) < 4.78 is 5.43. The quantitative estimate of drug-likeness (QED) is 0.649. The Morgan fingerprint density at radius 3 is 3.06 bits per heavy atom. The van der Waals surface area contributed by atoms with Gasteiger partial charge in [0.15, 0.2) is 0 Å². The van der Waals surface area contributed by atoms with Gasteiger partial charge in [0.25, 0.3) is 5.69 Å². The zero-order valence-corrected chi connectivity index (χ0v) is 9.76. The predicted octanol–water partition coefficient (Wildman–Crippen LogP) is 2.06. The molecule has 2 rings (SSSR count). The van der Waals surface area contributed by atoms with Gasteiger partial charge < -0.3 is 10.1 Å². The molecule has 0 aromatic heterocycles. The summed E-state index contributed by atoms with van der Waals surface area (Å²) in [7, 11) is 0. The molecule has 1 fully saturated rings. The smallest absolute Gasteiger partial charge is 0.292 e. The molecule has 1 aromatic rings. The van der Waals surface area contributed by atoms with Crippen molar-refractivity contribution in [2.24, 2.45) is 0 Å². The average molecular weight is 247 g/mol. The highest BCUT2D eigenvalue weighted by Crippen LogP contribution is 2.25. The average Bonchev–Trinajstić information content (AvgIpc) is 2.88. The van der Waals surface area contributed by atoms with Crippen molar-refractivity contribution in [3.05, 3.63) is 33.9 Å². The number of nitrogens with one attached hydrogen (secondary N) is 1. The molecule has 1 aromatic carbocycles. The molecule has 1 aliphatic heterocycles. The van der Waals surface area contributed by atoms with Crippen LogP contribution in [0.5, 0.6) is 0 Å². The number of ether oxygens (including phenoxy) is 1. The minimum absolute atomic E-state index is 0.0213. The van der Waals surface area contributed by atoms with E-state index >= 15 is 0 Å². The van der Waals surface area contributed by atoms with Crippen LogP contribution < -0.4 is 5.32 Å². The Bertz CT molecular complexity index is 490. The van der Waals surface area contributed by atoms with E-state index in [1.807, 2.05) is 6.07 Å². The van der Waals surface area contributed by atoms with E-state index in [1.165, 1.54) is 18.2 Å². The monoisotopic (exact) mass is 247 g/mol. The molecule has 6 heteroatoms. The Balaban J connectivity index is 2.13. The van der Waals surface area contributed by atoms with E-state index in [1.54, 1.807) is 0 Å². The van der Waals surface area contributed by atoms with Gasteiger partial charge in [-0.3, -0.25) is 10.1 Å². The second-order valence-electron chi connectivity index (χ2n) is 4.12. The molecule has 6 nitrogen and oxygen atoms in total. The van der Waals surface area contributed by atoms with Gasteiger partial charge in [-0.05, 0) is 25.0 Å². The molecule has 0 spiro atoms. The van der Waals surface area contributed by atoms with Crippen molar-refractivity contribution in [2.45, 2.75) is 18.9 Å². The number of benzene rings is 1. The molecular formula is C12H13N3O3.